The van der Waals surface area contributed by atoms with Crippen molar-refractivity contribution in [3.05, 3.63) is 24.3 Å². The minimum absolute atomic E-state index is 0.0135. The Kier molecular flexibility index (Phi) is 21.9. The largest absolute Gasteiger partial charge is 0.294 e. The molecule has 284 valence electrons. The molecule has 1 fully saturated rings. The molecule has 5 heteroatoms. The van der Waals surface area contributed by atoms with Crippen molar-refractivity contribution in [2.75, 3.05) is 6.54 Å². The topological polar surface area (TPSA) is 71.5 Å². The van der Waals surface area contributed by atoms with Crippen molar-refractivity contribution in [1.82, 2.24) is 4.90 Å². The van der Waals surface area contributed by atoms with Gasteiger partial charge in [0, 0.05) is 18.7 Å². The number of unbranched alkanes of at least 4 members (excludes halogenated alkanes) is 18. The summed E-state index contributed by atoms with van der Waals surface area (Å²) in [6, 6.07) is 0. The van der Waals surface area contributed by atoms with Crippen LogP contribution in [0.15, 0.2) is 24.3 Å². The van der Waals surface area contributed by atoms with Crippen LogP contribution in [-0.4, -0.2) is 34.8 Å². The zero-order valence-corrected chi connectivity index (χ0v) is 32.5. The maximum atomic E-state index is 11.9. The molecule has 2 aliphatic carbocycles. The lowest BCUT2D eigenvalue weighted by atomic mass is 9.61. The summed E-state index contributed by atoms with van der Waals surface area (Å²) in [6.45, 7) is 5.21. The Morgan fingerprint density at radius 3 is 1.26 bits per heavy atom. The second-order valence-electron chi connectivity index (χ2n) is 16.3. The third-order valence-corrected chi connectivity index (χ3v) is 12.5. The molecular formula is C45H75NO4. The van der Waals surface area contributed by atoms with Gasteiger partial charge in [-0.3, -0.25) is 24.1 Å². The first-order valence-corrected chi connectivity index (χ1v) is 21.8. The van der Waals surface area contributed by atoms with Crippen LogP contribution in [0.2, 0.25) is 0 Å². The van der Waals surface area contributed by atoms with E-state index in [2.05, 4.69) is 13.8 Å². The Balaban J connectivity index is 1.45. The van der Waals surface area contributed by atoms with Crippen LogP contribution in [-0.2, 0) is 19.2 Å². The van der Waals surface area contributed by atoms with E-state index in [1.165, 1.54) is 183 Å². The number of allylic oxidation sites excluding steroid dienone is 2. The molecule has 0 spiro atoms. The van der Waals surface area contributed by atoms with Crippen molar-refractivity contribution in [1.29, 1.82) is 0 Å². The van der Waals surface area contributed by atoms with Crippen LogP contribution in [0, 0.1) is 29.6 Å². The predicted molar refractivity (Wildman–Crippen MR) is 208 cm³/mol. The van der Waals surface area contributed by atoms with E-state index in [4.69, 9.17) is 0 Å². The molecule has 0 radical (unpaired) electrons. The summed E-state index contributed by atoms with van der Waals surface area (Å²) >= 11 is 0. The van der Waals surface area contributed by atoms with Crippen LogP contribution < -0.4 is 0 Å². The van der Waals surface area contributed by atoms with Gasteiger partial charge in [-0.1, -0.05) is 162 Å². The summed E-state index contributed by atoms with van der Waals surface area (Å²) in [6.07, 6.45) is 43.4. The first kappa shape index (κ1) is 42.4. The molecule has 1 heterocycles. The van der Waals surface area contributed by atoms with Gasteiger partial charge in [-0.25, -0.2) is 0 Å². The Labute approximate surface area is 307 Å². The van der Waals surface area contributed by atoms with E-state index in [-0.39, 0.29) is 29.3 Å². The van der Waals surface area contributed by atoms with Gasteiger partial charge in [0.1, 0.15) is 0 Å². The minimum Gasteiger partial charge on any atom is -0.294 e. The highest BCUT2D eigenvalue weighted by atomic mass is 16.2. The van der Waals surface area contributed by atoms with Crippen LogP contribution in [0.5, 0.6) is 0 Å². The summed E-state index contributed by atoms with van der Waals surface area (Å²) in [5.41, 5.74) is 0. The van der Waals surface area contributed by atoms with Gasteiger partial charge in [0.2, 0.25) is 0 Å². The molecule has 5 nitrogen and oxygen atoms in total. The van der Waals surface area contributed by atoms with Gasteiger partial charge in [-0.2, -0.15) is 0 Å². The van der Waals surface area contributed by atoms with Gasteiger partial charge in [-0.15, -0.1) is 0 Å². The minimum atomic E-state index is -0.381. The molecule has 4 atom stereocenters. The SMILES string of the molecule is CCCCCCCCC1C(CCCCCC)CCC(CCCCCCCCN2C(=O)C=CC2=O)C1CCCCCCCCC1C(=O)C=CC1=O. The first-order chi connectivity index (χ1) is 24.5. The quantitative estimate of drug-likeness (QED) is 0.0426. The number of amides is 2. The molecule has 0 saturated heterocycles. The van der Waals surface area contributed by atoms with Crippen molar-refractivity contribution in [3.8, 4) is 0 Å². The lowest BCUT2D eigenvalue weighted by Crippen LogP contribution is -2.35. The Morgan fingerprint density at radius 2 is 0.800 bits per heavy atom. The van der Waals surface area contributed by atoms with Crippen LogP contribution >= 0.6 is 0 Å². The molecular weight excluding hydrogens is 618 g/mol. The molecule has 50 heavy (non-hydrogen) atoms. The summed E-state index contributed by atoms with van der Waals surface area (Å²) in [5.74, 6) is 2.98. The molecule has 0 aromatic rings. The lowest BCUT2D eigenvalue weighted by molar-refractivity contribution is -0.137. The van der Waals surface area contributed by atoms with E-state index in [0.717, 1.165) is 55.8 Å². The molecule has 0 N–H and O–H groups in total. The lowest BCUT2D eigenvalue weighted by Gasteiger charge is -2.44. The maximum absolute atomic E-state index is 11.9. The van der Waals surface area contributed by atoms with Crippen LogP contribution in [0.4, 0.5) is 0 Å². The fourth-order valence-electron chi connectivity index (χ4n) is 9.46. The van der Waals surface area contributed by atoms with Gasteiger partial charge >= 0.3 is 0 Å². The standard InChI is InChI=1S/C45H75NO4/c1-3-5-7-9-15-21-27-39-37(25-19-8-6-4-2)30-31-38(26-20-14-12-13-18-24-36-46-44(49)34-35-45(46)50)40(39)28-22-16-10-11-17-23-29-41-42(47)32-33-43(41)48/h32-35,37-41H,3-31,36H2,1-2H3. The fourth-order valence-corrected chi connectivity index (χ4v) is 9.46. The smallest absolute Gasteiger partial charge is 0.253 e. The molecule has 1 saturated carbocycles. The molecule has 4 unspecified atom stereocenters. The van der Waals surface area contributed by atoms with Gasteiger partial charge in [0.15, 0.2) is 11.6 Å². The highest BCUT2D eigenvalue weighted by Gasteiger charge is 2.37. The monoisotopic (exact) mass is 694 g/mol. The summed E-state index contributed by atoms with van der Waals surface area (Å²) in [7, 11) is 0. The van der Waals surface area contributed by atoms with Crippen LogP contribution in [0.25, 0.3) is 0 Å². The first-order valence-electron chi connectivity index (χ1n) is 21.8. The van der Waals surface area contributed by atoms with E-state index in [0.29, 0.717) is 6.54 Å². The van der Waals surface area contributed by atoms with Crippen LogP contribution in [0.3, 0.4) is 0 Å². The van der Waals surface area contributed by atoms with Crippen molar-refractivity contribution in [2.24, 2.45) is 29.6 Å². The van der Waals surface area contributed by atoms with Crippen molar-refractivity contribution in [3.63, 3.8) is 0 Å². The molecule has 0 aromatic heterocycles. The van der Waals surface area contributed by atoms with Gasteiger partial charge < -0.3 is 0 Å². The molecule has 3 rings (SSSR count). The van der Waals surface area contributed by atoms with Crippen molar-refractivity contribution < 1.29 is 19.2 Å². The molecule has 1 aliphatic heterocycles. The number of hydrogen-bond donors (Lipinski definition) is 0. The average Bonchev–Trinajstić information content (AvgIpc) is 3.61. The summed E-state index contributed by atoms with van der Waals surface area (Å²) < 4.78 is 0. The van der Waals surface area contributed by atoms with Gasteiger partial charge in [-0.05, 0) is 74.3 Å². The van der Waals surface area contributed by atoms with E-state index in [1.54, 1.807) is 0 Å². The van der Waals surface area contributed by atoms with E-state index in [9.17, 15) is 19.2 Å². The average molecular weight is 694 g/mol. The van der Waals surface area contributed by atoms with E-state index < -0.39 is 0 Å². The highest BCUT2D eigenvalue weighted by molar-refractivity contribution is 6.18. The number of imide groups is 1. The zero-order chi connectivity index (χ0) is 35.8. The molecule has 3 aliphatic rings. The van der Waals surface area contributed by atoms with E-state index >= 15 is 0 Å². The molecule has 0 bridgehead atoms. The molecule has 0 aromatic carbocycles. The Hall–Kier alpha value is -2.04. The second-order valence-corrected chi connectivity index (χ2v) is 16.3. The summed E-state index contributed by atoms with van der Waals surface area (Å²) in [5, 5.41) is 0. The number of ketones is 2. The fraction of sp³-hybridized carbons (Fsp3) is 0.822. The number of nitrogens with zero attached hydrogens (tertiary/aromatic N) is 1. The zero-order valence-electron chi connectivity index (χ0n) is 32.5. The highest BCUT2D eigenvalue weighted by Crippen LogP contribution is 2.48. The number of hydrogen-bond acceptors (Lipinski definition) is 4. The number of carbonyl (C=O) groups is 4. The van der Waals surface area contributed by atoms with Crippen molar-refractivity contribution in [2.45, 2.75) is 200 Å². The number of rotatable bonds is 30. The number of carbonyl (C=O) groups excluding carboxylic acids is 4. The van der Waals surface area contributed by atoms with Gasteiger partial charge in [0.25, 0.3) is 11.8 Å². The van der Waals surface area contributed by atoms with Gasteiger partial charge in [0.05, 0.1) is 5.92 Å². The third-order valence-electron chi connectivity index (χ3n) is 12.5. The Morgan fingerprint density at radius 1 is 0.440 bits per heavy atom. The Bertz CT molecular complexity index is 1010. The predicted octanol–water partition coefficient (Wildman–Crippen LogP) is 12.1. The normalized spacial score (nSPS) is 22.6. The molecule has 2 amide bonds. The summed E-state index contributed by atoms with van der Waals surface area (Å²) in [4.78, 5) is 48.8. The maximum Gasteiger partial charge on any atom is 0.253 e. The second kappa shape index (κ2) is 25.8. The van der Waals surface area contributed by atoms with E-state index in [1.807, 2.05) is 0 Å². The van der Waals surface area contributed by atoms with Crippen molar-refractivity contribution >= 4 is 23.4 Å². The third kappa shape index (κ3) is 15.7. The van der Waals surface area contributed by atoms with Crippen LogP contribution in [0.1, 0.15) is 200 Å².